The molecule has 0 radical (unpaired) electrons. The van der Waals surface area contributed by atoms with Crippen LogP contribution in [0, 0.1) is 11.6 Å². The second-order valence-corrected chi connectivity index (χ2v) is 9.15. The minimum atomic E-state index is -0.707. The topological polar surface area (TPSA) is 55.1 Å². The van der Waals surface area contributed by atoms with Crippen LogP contribution < -0.4 is 5.32 Å². The highest BCUT2D eigenvalue weighted by Crippen LogP contribution is 2.39. The van der Waals surface area contributed by atoms with Gasteiger partial charge in [0.15, 0.2) is 0 Å². The summed E-state index contributed by atoms with van der Waals surface area (Å²) in [5.41, 5.74) is 4.18. The summed E-state index contributed by atoms with van der Waals surface area (Å²) >= 11 is 0. The molecule has 1 N–H and O–H groups in total. The predicted octanol–water partition coefficient (Wildman–Crippen LogP) is 6.64. The Morgan fingerprint density at radius 2 is 1.71 bits per heavy atom. The Hall–Kier alpha value is -4.72. The number of para-hydroxylation sites is 1. The molecule has 6 rings (SSSR count). The number of hydrogen-bond acceptors (Lipinski definition) is 2. The van der Waals surface area contributed by atoms with E-state index in [1.807, 2.05) is 90.6 Å². The van der Waals surface area contributed by atoms with E-state index in [9.17, 15) is 13.6 Å². The number of amides is 2. The zero-order valence-electron chi connectivity index (χ0n) is 20.7. The highest BCUT2D eigenvalue weighted by Gasteiger charge is 2.36. The molecule has 8 heteroatoms. The van der Waals surface area contributed by atoms with E-state index in [0.717, 1.165) is 52.2 Å². The molecule has 2 aromatic heterocycles. The maximum atomic E-state index is 14.5. The number of aryl methyl sites for hydroxylation is 1. The minimum absolute atomic E-state index is 0.211. The van der Waals surface area contributed by atoms with Crippen molar-refractivity contribution in [2.45, 2.75) is 25.9 Å². The van der Waals surface area contributed by atoms with Crippen LogP contribution in [0.25, 0.3) is 11.5 Å². The second-order valence-electron chi connectivity index (χ2n) is 9.15. The number of carbonyl (C=O) groups excluding carboxylic acids is 1. The predicted molar refractivity (Wildman–Crippen MR) is 141 cm³/mol. The Morgan fingerprint density at radius 1 is 0.974 bits per heavy atom. The van der Waals surface area contributed by atoms with Gasteiger partial charge < -0.3 is 14.8 Å². The van der Waals surface area contributed by atoms with Gasteiger partial charge in [0.1, 0.15) is 17.5 Å². The minimum Gasteiger partial charge on any atom is -0.307 e. The molecule has 3 aromatic carbocycles. The van der Waals surface area contributed by atoms with E-state index in [1.165, 1.54) is 0 Å². The smallest absolute Gasteiger partial charge is 0.307 e. The molecule has 1 aliphatic heterocycles. The highest BCUT2D eigenvalue weighted by atomic mass is 19.1. The van der Waals surface area contributed by atoms with Crippen LogP contribution in [0.4, 0.5) is 19.3 Å². The van der Waals surface area contributed by atoms with Gasteiger partial charge in [-0.3, -0.25) is 0 Å². The van der Waals surface area contributed by atoms with Crippen molar-refractivity contribution in [3.05, 3.63) is 131 Å². The summed E-state index contributed by atoms with van der Waals surface area (Å²) in [5, 5.41) is 7.54. The largest absolute Gasteiger partial charge is 0.323 e. The van der Waals surface area contributed by atoms with Crippen LogP contribution in [0.15, 0.2) is 97.2 Å². The number of nitrogens with zero attached hydrogens (tertiary/aromatic N) is 4. The Morgan fingerprint density at radius 3 is 2.45 bits per heavy atom. The Balaban J connectivity index is 1.55. The normalized spacial score (nSPS) is 14.5. The van der Waals surface area contributed by atoms with Gasteiger partial charge in [-0.25, -0.2) is 18.3 Å². The molecule has 6 nitrogen and oxygen atoms in total. The van der Waals surface area contributed by atoms with Crippen LogP contribution in [-0.4, -0.2) is 25.3 Å². The average molecular weight is 510 g/mol. The third kappa shape index (κ3) is 4.04. The first-order chi connectivity index (χ1) is 18.5. The van der Waals surface area contributed by atoms with E-state index >= 15 is 0 Å². The van der Waals surface area contributed by atoms with Crippen molar-refractivity contribution in [1.82, 2.24) is 19.2 Å². The molecule has 1 unspecified atom stereocenters. The number of aromatic nitrogens is 3. The summed E-state index contributed by atoms with van der Waals surface area (Å²) in [6.45, 7) is 2.25. The van der Waals surface area contributed by atoms with Crippen molar-refractivity contribution in [2.75, 3.05) is 5.32 Å². The summed E-state index contributed by atoms with van der Waals surface area (Å²) in [6, 6.07) is 25.4. The Bertz CT molecular complexity index is 1610. The number of carbonyl (C=O) groups is 1. The fourth-order valence-corrected chi connectivity index (χ4v) is 5.11. The summed E-state index contributed by atoms with van der Waals surface area (Å²) in [5.74, 6) is -0.493. The van der Waals surface area contributed by atoms with E-state index in [0.29, 0.717) is 6.42 Å². The van der Waals surface area contributed by atoms with Crippen LogP contribution in [0.2, 0.25) is 0 Å². The summed E-state index contributed by atoms with van der Waals surface area (Å²) in [6.07, 6.45) is 2.63. The molecule has 1 atom stereocenters. The third-order valence-electron chi connectivity index (χ3n) is 6.85. The average Bonchev–Trinajstić information content (AvgIpc) is 3.52. The standard InChI is InChI=1S/C30H25F2N5O/c1-2-25-23-19-36(30(38)33-26-18-21(31)15-16-24(26)32)28(20-10-5-3-6-11-20)27-14-9-17-35(27)29(23)37(34-25)22-12-7-4-8-13-22/h3-18,28H,2,19H2,1H3,(H,33,38). The molecule has 0 bridgehead atoms. The second kappa shape index (κ2) is 9.63. The fraction of sp³-hybridized carbons (Fsp3) is 0.133. The van der Waals surface area contributed by atoms with E-state index in [-0.39, 0.29) is 12.2 Å². The first-order valence-corrected chi connectivity index (χ1v) is 12.5. The van der Waals surface area contributed by atoms with Gasteiger partial charge in [-0.05, 0) is 48.4 Å². The van der Waals surface area contributed by atoms with Gasteiger partial charge in [-0.1, -0.05) is 55.5 Å². The molecule has 0 spiro atoms. The zero-order valence-corrected chi connectivity index (χ0v) is 20.7. The van der Waals surface area contributed by atoms with Gasteiger partial charge in [0.25, 0.3) is 0 Å². The van der Waals surface area contributed by atoms with Crippen molar-refractivity contribution in [3.8, 4) is 11.5 Å². The molecule has 0 fully saturated rings. The Labute approximate surface area is 218 Å². The Kier molecular flexibility index (Phi) is 5.99. The van der Waals surface area contributed by atoms with Crippen LogP contribution in [0.5, 0.6) is 0 Å². The molecule has 0 saturated carbocycles. The number of hydrogen-bond donors (Lipinski definition) is 1. The monoisotopic (exact) mass is 509 g/mol. The summed E-state index contributed by atoms with van der Waals surface area (Å²) < 4.78 is 32.4. The van der Waals surface area contributed by atoms with Crippen LogP contribution >= 0.6 is 0 Å². The molecule has 190 valence electrons. The lowest BCUT2D eigenvalue weighted by Gasteiger charge is -2.31. The zero-order chi connectivity index (χ0) is 26.2. The van der Waals surface area contributed by atoms with Gasteiger partial charge in [-0.2, -0.15) is 5.10 Å². The van der Waals surface area contributed by atoms with Crippen molar-refractivity contribution in [1.29, 1.82) is 0 Å². The van der Waals surface area contributed by atoms with E-state index < -0.39 is 23.7 Å². The molecule has 0 aliphatic carbocycles. The molecule has 3 heterocycles. The van der Waals surface area contributed by atoms with Crippen LogP contribution in [0.1, 0.15) is 35.5 Å². The van der Waals surface area contributed by atoms with E-state index in [2.05, 4.69) is 9.88 Å². The number of nitrogens with one attached hydrogen (secondary N) is 1. The highest BCUT2D eigenvalue weighted by molar-refractivity contribution is 5.90. The van der Waals surface area contributed by atoms with E-state index in [1.54, 1.807) is 4.90 Å². The number of benzene rings is 3. The van der Waals surface area contributed by atoms with Crippen LogP contribution in [0.3, 0.4) is 0 Å². The number of anilines is 1. The van der Waals surface area contributed by atoms with Gasteiger partial charge in [0.05, 0.1) is 35.3 Å². The molecule has 5 aromatic rings. The third-order valence-corrected chi connectivity index (χ3v) is 6.85. The SMILES string of the molecule is CCc1nn(-c2ccccc2)c2c1CN(C(=O)Nc1cc(F)ccc1F)C(c1ccccc1)c1cccn1-2. The van der Waals surface area contributed by atoms with Crippen molar-refractivity contribution in [2.24, 2.45) is 0 Å². The summed E-state index contributed by atoms with van der Waals surface area (Å²) in [4.78, 5) is 15.5. The molecular formula is C30H25F2N5O. The lowest BCUT2D eigenvalue weighted by molar-refractivity contribution is 0.194. The lowest BCUT2D eigenvalue weighted by Crippen LogP contribution is -2.38. The number of halogens is 2. The van der Waals surface area contributed by atoms with Gasteiger partial charge in [0, 0.05) is 17.8 Å². The molecule has 38 heavy (non-hydrogen) atoms. The van der Waals surface area contributed by atoms with Crippen molar-refractivity contribution < 1.29 is 13.6 Å². The maximum absolute atomic E-state index is 14.5. The van der Waals surface area contributed by atoms with Crippen molar-refractivity contribution >= 4 is 11.7 Å². The summed E-state index contributed by atoms with van der Waals surface area (Å²) in [7, 11) is 0. The van der Waals surface area contributed by atoms with Gasteiger partial charge in [-0.15, -0.1) is 0 Å². The van der Waals surface area contributed by atoms with Crippen LogP contribution in [-0.2, 0) is 13.0 Å². The fourth-order valence-electron chi connectivity index (χ4n) is 5.11. The number of urea groups is 1. The molecule has 1 aliphatic rings. The number of fused-ring (bicyclic) bond motifs is 3. The molecule has 2 amide bonds. The van der Waals surface area contributed by atoms with Gasteiger partial charge >= 0.3 is 6.03 Å². The lowest BCUT2D eigenvalue weighted by atomic mass is 10.0. The van der Waals surface area contributed by atoms with Gasteiger partial charge in [0.2, 0.25) is 0 Å². The quantitative estimate of drug-likeness (QED) is 0.295. The van der Waals surface area contributed by atoms with Crippen molar-refractivity contribution in [3.63, 3.8) is 0 Å². The molecule has 0 saturated heterocycles. The first kappa shape index (κ1) is 23.7. The first-order valence-electron chi connectivity index (χ1n) is 12.5. The van der Waals surface area contributed by atoms with E-state index in [4.69, 9.17) is 5.10 Å². The number of rotatable bonds is 4. The maximum Gasteiger partial charge on any atom is 0.323 e. The molecular weight excluding hydrogens is 484 g/mol.